The second kappa shape index (κ2) is 3.07. The van der Waals surface area contributed by atoms with Crippen LogP contribution in [0, 0.1) is 0 Å². The molecule has 1 aliphatic rings. The smallest absolute Gasteiger partial charge is 0.133 e. The van der Waals surface area contributed by atoms with Gasteiger partial charge in [0.2, 0.25) is 0 Å². The highest BCUT2D eigenvalue weighted by molar-refractivity contribution is 9.10. The van der Waals surface area contributed by atoms with Crippen LogP contribution in [0.4, 0.5) is 0 Å². The van der Waals surface area contributed by atoms with Crippen LogP contribution in [0.3, 0.4) is 0 Å². The van der Waals surface area contributed by atoms with E-state index in [2.05, 4.69) is 15.9 Å². The van der Waals surface area contributed by atoms with Gasteiger partial charge < -0.3 is 9.47 Å². The van der Waals surface area contributed by atoms with Crippen LogP contribution >= 0.6 is 15.9 Å². The van der Waals surface area contributed by atoms with Crippen molar-refractivity contribution in [2.45, 2.75) is 6.10 Å². The zero-order chi connectivity index (χ0) is 8.55. The molecule has 0 saturated carbocycles. The maximum absolute atomic E-state index is 5.16. The zero-order valence-corrected chi connectivity index (χ0v) is 8.30. The summed E-state index contributed by atoms with van der Waals surface area (Å²) in [5.74, 6) is 0.864. The lowest BCUT2D eigenvalue weighted by Gasteiger charge is -2.04. The zero-order valence-electron chi connectivity index (χ0n) is 6.71. The fourth-order valence-electron chi connectivity index (χ4n) is 1.12. The van der Waals surface area contributed by atoms with Gasteiger partial charge in [-0.1, -0.05) is 6.07 Å². The van der Waals surface area contributed by atoms with Gasteiger partial charge in [0.25, 0.3) is 0 Å². The first kappa shape index (κ1) is 8.08. The molecule has 0 aromatic heterocycles. The highest BCUT2D eigenvalue weighted by atomic mass is 79.9. The van der Waals surface area contributed by atoms with Crippen molar-refractivity contribution in [3.63, 3.8) is 0 Å². The Bertz CT molecular complexity index is 295. The van der Waals surface area contributed by atoms with Gasteiger partial charge in [-0.15, -0.1) is 0 Å². The molecule has 1 saturated heterocycles. The third-order valence-electron chi connectivity index (χ3n) is 1.88. The van der Waals surface area contributed by atoms with Crippen molar-refractivity contribution in [1.82, 2.24) is 0 Å². The highest BCUT2D eigenvalue weighted by Gasteiger charge is 2.25. The molecule has 0 unspecified atom stereocenters. The second-order valence-corrected chi connectivity index (χ2v) is 3.57. The number of rotatable bonds is 2. The average molecular weight is 229 g/mol. The van der Waals surface area contributed by atoms with E-state index in [1.165, 1.54) is 5.56 Å². The van der Waals surface area contributed by atoms with Gasteiger partial charge in [-0.3, -0.25) is 0 Å². The normalized spacial score (nSPS) is 20.7. The summed E-state index contributed by atoms with van der Waals surface area (Å²) in [6.07, 6.45) is 0.298. The molecule has 2 rings (SSSR count). The molecule has 1 aliphatic heterocycles. The quantitative estimate of drug-likeness (QED) is 0.727. The van der Waals surface area contributed by atoms with E-state index < -0.39 is 0 Å². The van der Waals surface area contributed by atoms with Gasteiger partial charge in [0.15, 0.2) is 0 Å². The summed E-state index contributed by atoms with van der Waals surface area (Å²) >= 11 is 3.39. The van der Waals surface area contributed by atoms with Gasteiger partial charge in [0, 0.05) is 0 Å². The van der Waals surface area contributed by atoms with Gasteiger partial charge in [0.05, 0.1) is 18.2 Å². The van der Waals surface area contributed by atoms with Crippen LogP contribution in [-0.2, 0) is 4.74 Å². The Labute approximate surface area is 79.6 Å². The molecular weight excluding hydrogens is 220 g/mol. The molecule has 1 fully saturated rings. The summed E-state index contributed by atoms with van der Waals surface area (Å²) in [7, 11) is 1.66. The number of halogens is 1. The summed E-state index contributed by atoms with van der Waals surface area (Å²) < 4.78 is 11.3. The van der Waals surface area contributed by atoms with E-state index in [4.69, 9.17) is 9.47 Å². The van der Waals surface area contributed by atoms with E-state index in [9.17, 15) is 0 Å². The first-order valence-corrected chi connectivity index (χ1v) is 4.55. The van der Waals surface area contributed by atoms with Gasteiger partial charge in [-0.25, -0.2) is 0 Å². The summed E-state index contributed by atoms with van der Waals surface area (Å²) in [6, 6.07) is 6.03. The van der Waals surface area contributed by atoms with Crippen LogP contribution in [0.5, 0.6) is 5.75 Å². The van der Waals surface area contributed by atoms with E-state index in [0.29, 0.717) is 6.10 Å². The van der Waals surface area contributed by atoms with Crippen LogP contribution in [0.2, 0.25) is 0 Å². The molecular formula is C9H9BrO2. The summed E-state index contributed by atoms with van der Waals surface area (Å²) in [4.78, 5) is 0. The molecule has 0 bridgehead atoms. The summed E-state index contributed by atoms with van der Waals surface area (Å²) in [5, 5.41) is 0. The molecule has 0 aliphatic carbocycles. The first-order chi connectivity index (χ1) is 5.81. The van der Waals surface area contributed by atoms with Crippen molar-refractivity contribution in [1.29, 1.82) is 0 Å². The molecule has 2 nitrogen and oxygen atoms in total. The molecule has 1 aromatic carbocycles. The molecule has 1 aromatic rings. The minimum atomic E-state index is 0.298. The van der Waals surface area contributed by atoms with Crippen LogP contribution in [0.1, 0.15) is 11.7 Å². The molecule has 0 N–H and O–H groups in total. The topological polar surface area (TPSA) is 21.8 Å². The Morgan fingerprint density at radius 2 is 2.33 bits per heavy atom. The number of hydrogen-bond donors (Lipinski definition) is 0. The largest absolute Gasteiger partial charge is 0.496 e. The van der Waals surface area contributed by atoms with Crippen molar-refractivity contribution in [2.24, 2.45) is 0 Å². The monoisotopic (exact) mass is 228 g/mol. The van der Waals surface area contributed by atoms with E-state index in [-0.39, 0.29) is 0 Å². The van der Waals surface area contributed by atoms with Crippen LogP contribution < -0.4 is 4.74 Å². The third kappa shape index (κ3) is 1.47. The fraction of sp³-hybridized carbons (Fsp3) is 0.333. The van der Waals surface area contributed by atoms with E-state index in [1.54, 1.807) is 7.11 Å². The second-order valence-electron chi connectivity index (χ2n) is 2.72. The Hall–Kier alpha value is -0.540. The van der Waals surface area contributed by atoms with Crippen molar-refractivity contribution in [3.8, 4) is 5.75 Å². The Balaban J connectivity index is 2.33. The Morgan fingerprint density at radius 3 is 2.92 bits per heavy atom. The summed E-state index contributed by atoms with van der Waals surface area (Å²) in [5.41, 5.74) is 1.19. The third-order valence-corrected chi connectivity index (χ3v) is 2.54. The van der Waals surface area contributed by atoms with Crippen molar-refractivity contribution in [2.75, 3.05) is 13.7 Å². The maximum atomic E-state index is 5.16. The number of ether oxygens (including phenoxy) is 2. The van der Waals surface area contributed by atoms with Gasteiger partial charge >= 0.3 is 0 Å². The Kier molecular flexibility index (Phi) is 2.07. The van der Waals surface area contributed by atoms with Gasteiger partial charge in [0.1, 0.15) is 11.9 Å². The number of epoxide rings is 1. The van der Waals surface area contributed by atoms with Crippen LogP contribution in [0.15, 0.2) is 22.7 Å². The number of methoxy groups -OCH3 is 1. The molecule has 0 radical (unpaired) electrons. The van der Waals surface area contributed by atoms with Gasteiger partial charge in [-0.05, 0) is 33.6 Å². The number of benzene rings is 1. The SMILES string of the molecule is COc1cc([C@H]2CO2)ccc1Br. The van der Waals surface area contributed by atoms with E-state index in [0.717, 1.165) is 16.8 Å². The van der Waals surface area contributed by atoms with Crippen molar-refractivity contribution >= 4 is 15.9 Å². The van der Waals surface area contributed by atoms with Crippen molar-refractivity contribution < 1.29 is 9.47 Å². The first-order valence-electron chi connectivity index (χ1n) is 3.76. The average Bonchev–Trinajstić information content (AvgIpc) is 2.88. The highest BCUT2D eigenvalue weighted by Crippen LogP contribution is 2.34. The molecule has 1 atom stereocenters. The molecule has 3 heteroatoms. The molecule has 0 spiro atoms. The van der Waals surface area contributed by atoms with Crippen molar-refractivity contribution in [3.05, 3.63) is 28.2 Å². The van der Waals surface area contributed by atoms with E-state index in [1.807, 2.05) is 18.2 Å². The lowest BCUT2D eigenvalue weighted by atomic mass is 10.1. The lowest BCUT2D eigenvalue weighted by molar-refractivity contribution is 0.403. The standard InChI is InChI=1S/C9H9BrO2/c1-11-8-4-6(9-5-12-9)2-3-7(8)10/h2-4,9H,5H2,1H3/t9-/m1/s1. The lowest BCUT2D eigenvalue weighted by Crippen LogP contribution is -1.87. The fourth-order valence-corrected chi connectivity index (χ4v) is 1.53. The molecule has 0 amide bonds. The molecule has 12 heavy (non-hydrogen) atoms. The molecule has 64 valence electrons. The maximum Gasteiger partial charge on any atom is 0.133 e. The van der Waals surface area contributed by atoms with E-state index >= 15 is 0 Å². The minimum absolute atomic E-state index is 0.298. The molecule has 1 heterocycles. The van der Waals surface area contributed by atoms with Crippen LogP contribution in [-0.4, -0.2) is 13.7 Å². The van der Waals surface area contributed by atoms with Gasteiger partial charge in [-0.2, -0.15) is 0 Å². The Morgan fingerprint density at radius 1 is 1.58 bits per heavy atom. The number of hydrogen-bond acceptors (Lipinski definition) is 2. The van der Waals surface area contributed by atoms with Crippen LogP contribution in [0.25, 0.3) is 0 Å². The minimum Gasteiger partial charge on any atom is -0.496 e. The summed E-state index contributed by atoms with van der Waals surface area (Å²) in [6.45, 7) is 0.838. The predicted molar refractivity (Wildman–Crippen MR) is 49.4 cm³/mol. The predicted octanol–water partition coefficient (Wildman–Crippen LogP) is 2.53.